The molecular weight excluding hydrogens is 354 g/mol. The molecule has 0 radical (unpaired) electrons. The van der Waals surface area contributed by atoms with Gasteiger partial charge >= 0.3 is 0 Å². The molecule has 0 unspecified atom stereocenters. The maximum Gasteiger partial charge on any atom is 0.259 e. The van der Waals surface area contributed by atoms with Gasteiger partial charge in [0.1, 0.15) is 5.82 Å². The van der Waals surface area contributed by atoms with Crippen LogP contribution in [0.25, 0.3) is 11.1 Å². The number of amides is 1. The average Bonchev–Trinajstić information content (AvgIpc) is 2.62. The van der Waals surface area contributed by atoms with Crippen LogP contribution in [0, 0.1) is 0 Å². The van der Waals surface area contributed by atoms with Gasteiger partial charge in [0.25, 0.3) is 5.91 Å². The minimum absolute atomic E-state index is 0.0217. The van der Waals surface area contributed by atoms with Crippen LogP contribution in [0.1, 0.15) is 10.4 Å². The number of carbonyl (C=O) groups excluding carboxylic acids is 1. The first kappa shape index (κ1) is 17.5. The fraction of sp³-hybridized carbons (Fsp3) is 0. The van der Waals surface area contributed by atoms with Crippen molar-refractivity contribution < 1.29 is 13.2 Å². The molecule has 3 aromatic rings. The Bertz CT molecular complexity index is 1070. The summed E-state index contributed by atoms with van der Waals surface area (Å²) >= 11 is 0. The Labute approximate surface area is 150 Å². The number of hydrogen-bond acceptors (Lipinski definition) is 6. The monoisotopic (exact) mass is 369 g/mol. The number of hydrogen-bond donors (Lipinski definition) is 3. The smallest absolute Gasteiger partial charge is 0.259 e. The molecule has 0 fully saturated rings. The van der Waals surface area contributed by atoms with Gasteiger partial charge in [-0.3, -0.25) is 9.78 Å². The zero-order valence-corrected chi connectivity index (χ0v) is 14.3. The molecule has 5 N–H and O–H groups in total. The fourth-order valence-corrected chi connectivity index (χ4v) is 3.15. The van der Waals surface area contributed by atoms with Gasteiger partial charge in [-0.25, -0.2) is 18.5 Å². The predicted octanol–water partition coefficient (Wildman–Crippen LogP) is 1.63. The van der Waals surface area contributed by atoms with Crippen molar-refractivity contribution in [2.24, 2.45) is 5.14 Å². The Morgan fingerprint density at radius 1 is 1.08 bits per heavy atom. The molecule has 8 nitrogen and oxygen atoms in total. The zero-order valence-electron chi connectivity index (χ0n) is 13.5. The lowest BCUT2D eigenvalue weighted by Gasteiger charge is -2.11. The summed E-state index contributed by atoms with van der Waals surface area (Å²) in [6, 6.07) is 10.9. The van der Waals surface area contributed by atoms with Gasteiger partial charge in [-0.2, -0.15) is 0 Å². The lowest BCUT2D eigenvalue weighted by molar-refractivity contribution is 0.102. The number of nitrogens with one attached hydrogen (secondary N) is 1. The first-order valence-corrected chi connectivity index (χ1v) is 9.00. The van der Waals surface area contributed by atoms with Crippen LogP contribution in [-0.4, -0.2) is 24.3 Å². The van der Waals surface area contributed by atoms with Crippen molar-refractivity contribution in [3.8, 4) is 11.1 Å². The Kier molecular flexibility index (Phi) is 4.65. The number of primary sulfonamides is 1. The van der Waals surface area contributed by atoms with Crippen molar-refractivity contribution in [1.82, 2.24) is 9.97 Å². The van der Waals surface area contributed by atoms with Crippen LogP contribution in [0.5, 0.6) is 0 Å². The topological polar surface area (TPSA) is 141 Å². The SMILES string of the molecule is Nc1ncc(-c2ccccc2S(N)(=O)=O)cc1C(=O)Nc1ccncc1. The molecule has 0 spiro atoms. The van der Waals surface area contributed by atoms with E-state index in [2.05, 4.69) is 15.3 Å². The van der Waals surface area contributed by atoms with Gasteiger partial charge < -0.3 is 11.1 Å². The van der Waals surface area contributed by atoms with Gasteiger partial charge in [0, 0.05) is 35.4 Å². The maximum absolute atomic E-state index is 12.5. The van der Waals surface area contributed by atoms with Gasteiger partial charge in [0.05, 0.1) is 10.5 Å². The summed E-state index contributed by atoms with van der Waals surface area (Å²) in [5.41, 5.74) is 7.21. The van der Waals surface area contributed by atoms with Crippen LogP contribution in [0.2, 0.25) is 0 Å². The number of nitrogens with two attached hydrogens (primary N) is 2. The summed E-state index contributed by atoms with van der Waals surface area (Å²) in [6.07, 6.45) is 4.47. The fourth-order valence-electron chi connectivity index (χ4n) is 2.39. The molecule has 0 saturated carbocycles. The number of anilines is 2. The molecule has 3 rings (SSSR count). The van der Waals surface area contributed by atoms with Crippen LogP contribution in [0.3, 0.4) is 0 Å². The van der Waals surface area contributed by atoms with E-state index in [4.69, 9.17) is 10.9 Å². The second-order valence-corrected chi connectivity index (χ2v) is 6.92. The van der Waals surface area contributed by atoms with E-state index in [1.807, 2.05) is 0 Å². The van der Waals surface area contributed by atoms with Crippen LogP contribution in [0.4, 0.5) is 11.5 Å². The van der Waals surface area contributed by atoms with Gasteiger partial charge in [-0.15, -0.1) is 0 Å². The largest absolute Gasteiger partial charge is 0.383 e. The van der Waals surface area contributed by atoms with Crippen molar-refractivity contribution >= 4 is 27.4 Å². The molecule has 1 amide bonds. The van der Waals surface area contributed by atoms with Crippen molar-refractivity contribution in [1.29, 1.82) is 0 Å². The number of sulfonamides is 1. The van der Waals surface area contributed by atoms with Gasteiger partial charge in [-0.05, 0) is 24.3 Å². The molecule has 0 bridgehead atoms. The molecule has 0 saturated heterocycles. The second kappa shape index (κ2) is 6.90. The Balaban J connectivity index is 2.03. The number of rotatable bonds is 4. The number of benzene rings is 1. The quantitative estimate of drug-likeness (QED) is 0.638. The third kappa shape index (κ3) is 3.68. The van der Waals surface area contributed by atoms with Crippen LogP contribution in [0.15, 0.2) is 66.0 Å². The molecule has 0 atom stereocenters. The number of aromatic nitrogens is 2. The van der Waals surface area contributed by atoms with Crippen molar-refractivity contribution in [2.75, 3.05) is 11.1 Å². The second-order valence-electron chi connectivity index (χ2n) is 5.39. The van der Waals surface area contributed by atoms with Crippen LogP contribution >= 0.6 is 0 Å². The molecule has 2 aromatic heterocycles. The van der Waals surface area contributed by atoms with Gasteiger partial charge in [0.2, 0.25) is 10.0 Å². The molecule has 0 aliphatic carbocycles. The third-order valence-corrected chi connectivity index (χ3v) is 4.57. The van der Waals surface area contributed by atoms with E-state index < -0.39 is 15.9 Å². The Hall–Kier alpha value is -3.30. The average molecular weight is 369 g/mol. The maximum atomic E-state index is 12.5. The van der Waals surface area contributed by atoms with Crippen molar-refractivity contribution in [3.63, 3.8) is 0 Å². The minimum atomic E-state index is -3.94. The number of nitrogen functional groups attached to an aromatic ring is 1. The molecule has 26 heavy (non-hydrogen) atoms. The van der Waals surface area contributed by atoms with Crippen LogP contribution in [-0.2, 0) is 10.0 Å². The van der Waals surface area contributed by atoms with Crippen molar-refractivity contribution in [3.05, 3.63) is 66.6 Å². The van der Waals surface area contributed by atoms with E-state index in [-0.39, 0.29) is 16.3 Å². The molecule has 9 heteroatoms. The van der Waals surface area contributed by atoms with Gasteiger partial charge in [0.15, 0.2) is 0 Å². The molecule has 2 heterocycles. The summed E-state index contributed by atoms with van der Waals surface area (Å²) in [4.78, 5) is 20.3. The van der Waals surface area contributed by atoms with Gasteiger partial charge in [-0.1, -0.05) is 18.2 Å². The van der Waals surface area contributed by atoms with E-state index >= 15 is 0 Å². The molecule has 1 aromatic carbocycles. The lowest BCUT2D eigenvalue weighted by Crippen LogP contribution is -2.16. The van der Waals surface area contributed by atoms with E-state index in [0.29, 0.717) is 16.8 Å². The lowest BCUT2D eigenvalue weighted by atomic mass is 10.1. The number of nitrogens with zero attached hydrogens (tertiary/aromatic N) is 2. The summed E-state index contributed by atoms with van der Waals surface area (Å²) < 4.78 is 23.6. The van der Waals surface area contributed by atoms with Crippen LogP contribution < -0.4 is 16.2 Å². The Morgan fingerprint density at radius 3 is 2.46 bits per heavy atom. The summed E-state index contributed by atoms with van der Waals surface area (Å²) in [6.45, 7) is 0. The van der Waals surface area contributed by atoms with E-state index in [1.165, 1.54) is 30.7 Å². The standard InChI is InChI=1S/C17H15N5O3S/c18-16-14(17(23)22-12-5-7-20-8-6-12)9-11(10-21-16)13-3-1-2-4-15(13)26(19,24)25/h1-10H,(H2,18,21)(H2,19,24,25)(H,20,22,23). The van der Waals surface area contributed by atoms with E-state index in [1.54, 1.807) is 30.3 Å². The molecule has 0 aliphatic rings. The predicted molar refractivity (Wildman–Crippen MR) is 97.6 cm³/mol. The summed E-state index contributed by atoms with van der Waals surface area (Å²) in [5.74, 6) is -0.454. The number of carbonyl (C=O) groups is 1. The minimum Gasteiger partial charge on any atom is -0.383 e. The highest BCUT2D eigenvalue weighted by Gasteiger charge is 2.18. The summed E-state index contributed by atoms with van der Waals surface area (Å²) in [7, 11) is -3.94. The normalized spacial score (nSPS) is 11.1. The Morgan fingerprint density at radius 2 is 1.77 bits per heavy atom. The zero-order chi connectivity index (χ0) is 18.7. The first-order valence-electron chi connectivity index (χ1n) is 7.45. The molecular formula is C17H15N5O3S. The van der Waals surface area contributed by atoms with E-state index in [0.717, 1.165) is 0 Å². The third-order valence-electron chi connectivity index (χ3n) is 3.61. The highest BCUT2D eigenvalue weighted by Crippen LogP contribution is 2.28. The number of pyridine rings is 2. The molecule has 132 valence electrons. The summed E-state index contributed by atoms with van der Waals surface area (Å²) in [5, 5.41) is 7.95. The van der Waals surface area contributed by atoms with Crippen molar-refractivity contribution in [2.45, 2.75) is 4.90 Å². The highest BCUT2D eigenvalue weighted by atomic mass is 32.2. The molecule has 0 aliphatic heterocycles. The van der Waals surface area contributed by atoms with E-state index in [9.17, 15) is 13.2 Å². The highest BCUT2D eigenvalue weighted by molar-refractivity contribution is 7.89. The first-order chi connectivity index (χ1) is 12.4.